The molecule has 1 atom stereocenters. The second-order valence-electron chi connectivity index (χ2n) is 7.13. The van der Waals surface area contributed by atoms with Gasteiger partial charge in [0.15, 0.2) is 0 Å². The number of hydrogen-bond acceptors (Lipinski definition) is 1. The second kappa shape index (κ2) is 4.57. The lowest BCUT2D eigenvalue weighted by molar-refractivity contribution is 0.00579. The van der Waals surface area contributed by atoms with Crippen LogP contribution in [0.5, 0.6) is 0 Å². The van der Waals surface area contributed by atoms with Crippen molar-refractivity contribution < 1.29 is 0 Å². The summed E-state index contributed by atoms with van der Waals surface area (Å²) >= 11 is 0. The van der Waals surface area contributed by atoms with E-state index in [1.807, 2.05) is 0 Å². The molecule has 3 rings (SSSR count). The van der Waals surface area contributed by atoms with Crippen molar-refractivity contribution in [3.63, 3.8) is 0 Å². The summed E-state index contributed by atoms with van der Waals surface area (Å²) in [6.07, 6.45) is 15.2. The molecule has 0 aromatic rings. The van der Waals surface area contributed by atoms with Gasteiger partial charge in [0, 0.05) is 0 Å². The number of nitrogens with one attached hydrogen (secondary N) is 1. The monoisotopic (exact) mass is 235 g/mol. The zero-order valence-electron chi connectivity index (χ0n) is 11.6. The zero-order valence-corrected chi connectivity index (χ0v) is 11.6. The third-order valence-corrected chi connectivity index (χ3v) is 6.52. The molecular formula is C16H29N. The van der Waals surface area contributed by atoms with Gasteiger partial charge in [-0.05, 0) is 74.8 Å². The molecule has 2 aliphatic carbocycles. The fraction of sp³-hybridized carbons (Fsp3) is 1.00. The van der Waals surface area contributed by atoms with E-state index in [1.165, 1.54) is 38.8 Å². The number of rotatable bonds is 1. The lowest BCUT2D eigenvalue weighted by Crippen LogP contribution is -2.48. The maximum Gasteiger partial charge on any atom is -0.00153 e. The highest BCUT2D eigenvalue weighted by Gasteiger charge is 2.47. The lowest BCUT2D eigenvalue weighted by atomic mass is 9.56. The SMILES string of the molecule is CCC1CNCCC12CCC1(CCCC1)CC2. The standard InChI is InChI=1S/C16H29N/c1-2-14-13-17-12-11-16(14)9-7-15(8-10-16)5-3-4-6-15/h14,17H,2-13H2,1H3. The minimum atomic E-state index is 0.744. The maximum atomic E-state index is 3.62. The van der Waals surface area contributed by atoms with E-state index in [-0.39, 0.29) is 0 Å². The Kier molecular flexibility index (Phi) is 3.23. The first-order valence-corrected chi connectivity index (χ1v) is 7.99. The second-order valence-corrected chi connectivity index (χ2v) is 7.13. The van der Waals surface area contributed by atoms with Crippen LogP contribution in [0.3, 0.4) is 0 Å². The van der Waals surface area contributed by atoms with Crippen LogP contribution in [0.2, 0.25) is 0 Å². The summed E-state index contributed by atoms with van der Waals surface area (Å²) < 4.78 is 0. The normalized spacial score (nSPS) is 35.5. The molecule has 1 unspecified atom stereocenters. The van der Waals surface area contributed by atoms with Gasteiger partial charge in [-0.2, -0.15) is 0 Å². The van der Waals surface area contributed by atoms with Crippen molar-refractivity contribution in [2.75, 3.05) is 13.1 Å². The number of hydrogen-bond donors (Lipinski definition) is 1. The molecule has 1 heteroatoms. The molecule has 1 saturated heterocycles. The Morgan fingerprint density at radius 1 is 0.941 bits per heavy atom. The van der Waals surface area contributed by atoms with Gasteiger partial charge < -0.3 is 5.32 Å². The fourth-order valence-electron chi connectivity index (χ4n) is 5.17. The quantitative estimate of drug-likeness (QED) is 0.720. The van der Waals surface area contributed by atoms with E-state index in [9.17, 15) is 0 Å². The molecule has 1 heterocycles. The average molecular weight is 235 g/mol. The Labute approximate surface area is 107 Å². The van der Waals surface area contributed by atoms with Crippen molar-refractivity contribution in [1.82, 2.24) is 5.32 Å². The summed E-state index contributed by atoms with van der Waals surface area (Å²) in [7, 11) is 0. The molecule has 3 aliphatic rings. The van der Waals surface area contributed by atoms with Gasteiger partial charge in [-0.3, -0.25) is 0 Å². The van der Waals surface area contributed by atoms with Gasteiger partial charge in [-0.1, -0.05) is 26.2 Å². The van der Waals surface area contributed by atoms with Crippen LogP contribution in [0, 0.1) is 16.7 Å². The highest BCUT2D eigenvalue weighted by atomic mass is 14.9. The van der Waals surface area contributed by atoms with E-state index in [1.54, 1.807) is 38.5 Å². The summed E-state index contributed by atoms with van der Waals surface area (Å²) in [5.74, 6) is 0.968. The van der Waals surface area contributed by atoms with Crippen molar-refractivity contribution in [3.8, 4) is 0 Å². The Morgan fingerprint density at radius 2 is 1.65 bits per heavy atom. The smallest absolute Gasteiger partial charge is 0.00153 e. The van der Waals surface area contributed by atoms with Crippen LogP contribution < -0.4 is 5.32 Å². The third kappa shape index (κ3) is 2.05. The van der Waals surface area contributed by atoms with E-state index in [2.05, 4.69) is 12.2 Å². The summed E-state index contributed by atoms with van der Waals surface area (Å²) in [4.78, 5) is 0. The van der Waals surface area contributed by atoms with E-state index < -0.39 is 0 Å². The summed E-state index contributed by atoms with van der Waals surface area (Å²) in [6, 6.07) is 0. The van der Waals surface area contributed by atoms with E-state index in [0.717, 1.165) is 16.7 Å². The van der Waals surface area contributed by atoms with Gasteiger partial charge in [-0.25, -0.2) is 0 Å². The summed E-state index contributed by atoms with van der Waals surface area (Å²) in [6.45, 7) is 4.98. The van der Waals surface area contributed by atoms with Crippen LogP contribution in [-0.2, 0) is 0 Å². The van der Waals surface area contributed by atoms with Gasteiger partial charge in [0.1, 0.15) is 0 Å². The molecule has 1 nitrogen and oxygen atoms in total. The van der Waals surface area contributed by atoms with Crippen molar-refractivity contribution in [1.29, 1.82) is 0 Å². The Bertz CT molecular complexity index is 255. The molecule has 2 spiro atoms. The molecule has 0 aromatic heterocycles. The Hall–Kier alpha value is -0.0400. The highest BCUT2D eigenvalue weighted by Crippen LogP contribution is 2.57. The molecule has 17 heavy (non-hydrogen) atoms. The Balaban J connectivity index is 1.69. The predicted molar refractivity (Wildman–Crippen MR) is 73.1 cm³/mol. The Morgan fingerprint density at radius 3 is 2.29 bits per heavy atom. The van der Waals surface area contributed by atoms with Gasteiger partial charge in [0.2, 0.25) is 0 Å². The summed E-state index contributed by atoms with van der Waals surface area (Å²) in [5, 5.41) is 3.62. The first kappa shape index (κ1) is 12.0. The highest BCUT2D eigenvalue weighted by molar-refractivity contribution is 4.99. The minimum absolute atomic E-state index is 0.744. The minimum Gasteiger partial charge on any atom is -0.316 e. The molecular weight excluding hydrogens is 206 g/mol. The first-order valence-electron chi connectivity index (χ1n) is 7.99. The average Bonchev–Trinajstić information content (AvgIpc) is 2.83. The molecule has 3 fully saturated rings. The topological polar surface area (TPSA) is 12.0 Å². The van der Waals surface area contributed by atoms with Gasteiger partial charge in [-0.15, -0.1) is 0 Å². The molecule has 0 bridgehead atoms. The zero-order chi connectivity index (χ0) is 11.8. The molecule has 0 radical (unpaired) electrons. The van der Waals surface area contributed by atoms with Gasteiger partial charge in [0.05, 0.1) is 0 Å². The summed E-state index contributed by atoms with van der Waals surface area (Å²) in [5.41, 5.74) is 1.56. The van der Waals surface area contributed by atoms with E-state index >= 15 is 0 Å². The van der Waals surface area contributed by atoms with E-state index in [0.29, 0.717) is 0 Å². The van der Waals surface area contributed by atoms with Crippen molar-refractivity contribution >= 4 is 0 Å². The van der Waals surface area contributed by atoms with Crippen LogP contribution >= 0.6 is 0 Å². The van der Waals surface area contributed by atoms with Crippen molar-refractivity contribution in [3.05, 3.63) is 0 Å². The lowest BCUT2D eigenvalue weighted by Gasteiger charge is -2.51. The van der Waals surface area contributed by atoms with Crippen LogP contribution in [0.15, 0.2) is 0 Å². The molecule has 2 saturated carbocycles. The molecule has 1 N–H and O–H groups in total. The van der Waals surface area contributed by atoms with Crippen LogP contribution in [0.4, 0.5) is 0 Å². The van der Waals surface area contributed by atoms with Crippen molar-refractivity contribution in [2.24, 2.45) is 16.7 Å². The van der Waals surface area contributed by atoms with Gasteiger partial charge >= 0.3 is 0 Å². The predicted octanol–water partition coefficient (Wildman–Crippen LogP) is 4.13. The first-order chi connectivity index (χ1) is 8.29. The van der Waals surface area contributed by atoms with Crippen LogP contribution in [-0.4, -0.2) is 13.1 Å². The van der Waals surface area contributed by atoms with Crippen LogP contribution in [0.25, 0.3) is 0 Å². The van der Waals surface area contributed by atoms with E-state index in [4.69, 9.17) is 0 Å². The maximum absolute atomic E-state index is 3.62. The fourth-order valence-corrected chi connectivity index (χ4v) is 5.17. The molecule has 0 amide bonds. The molecule has 98 valence electrons. The largest absolute Gasteiger partial charge is 0.316 e. The number of piperidine rings is 1. The molecule has 0 aromatic carbocycles. The third-order valence-electron chi connectivity index (χ3n) is 6.52. The van der Waals surface area contributed by atoms with Crippen molar-refractivity contribution in [2.45, 2.75) is 71.1 Å². The van der Waals surface area contributed by atoms with Gasteiger partial charge in [0.25, 0.3) is 0 Å². The van der Waals surface area contributed by atoms with Crippen LogP contribution in [0.1, 0.15) is 71.1 Å². The molecule has 1 aliphatic heterocycles.